The molecule has 0 spiro atoms. The Morgan fingerprint density at radius 3 is 2.53 bits per heavy atom. The van der Waals surface area contributed by atoms with Crippen LogP contribution >= 0.6 is 0 Å². The standard InChI is InChI=1S/C27H39NO2/c1-26(30)14-12-20-18(16-26)8-9-22-21(20)13-15-27(2)23(22)10-11-24(27)25(29)17-28-19-6-4-3-5-7-19/h3-7,18,20-24,28,30H,8-17H2,1-2H3/t18-,20+,21-,22-,23+,24-,26-,27+/m1/s1. The lowest BCUT2D eigenvalue weighted by atomic mass is 9.49. The number of ketones is 1. The highest BCUT2D eigenvalue weighted by Gasteiger charge is 2.58. The summed E-state index contributed by atoms with van der Waals surface area (Å²) >= 11 is 0. The second-order valence-electron chi connectivity index (χ2n) is 11.5. The molecule has 1 aromatic rings. The molecule has 164 valence electrons. The van der Waals surface area contributed by atoms with Crippen LogP contribution in [0.3, 0.4) is 0 Å². The fraction of sp³-hybridized carbons (Fsp3) is 0.741. The first-order chi connectivity index (χ1) is 14.4. The summed E-state index contributed by atoms with van der Waals surface area (Å²) in [4.78, 5) is 13.2. The summed E-state index contributed by atoms with van der Waals surface area (Å²) in [6.07, 6.45) is 10.7. The van der Waals surface area contributed by atoms with E-state index in [1.54, 1.807) is 0 Å². The van der Waals surface area contributed by atoms with Gasteiger partial charge in [0.15, 0.2) is 5.78 Å². The van der Waals surface area contributed by atoms with Gasteiger partial charge in [-0.1, -0.05) is 25.1 Å². The van der Waals surface area contributed by atoms with E-state index in [-0.39, 0.29) is 11.3 Å². The maximum atomic E-state index is 13.2. The number of para-hydroxylation sites is 1. The molecule has 30 heavy (non-hydrogen) atoms. The first kappa shape index (κ1) is 20.5. The van der Waals surface area contributed by atoms with Crippen molar-refractivity contribution < 1.29 is 9.90 Å². The van der Waals surface area contributed by atoms with Gasteiger partial charge in [-0.2, -0.15) is 0 Å². The summed E-state index contributed by atoms with van der Waals surface area (Å²) in [5.41, 5.74) is 0.804. The number of rotatable bonds is 4. The molecule has 0 amide bonds. The van der Waals surface area contributed by atoms with E-state index in [9.17, 15) is 9.90 Å². The molecule has 3 nitrogen and oxygen atoms in total. The SMILES string of the molecule is C[C@@]1(O)CC[C@H]2[C@H](CC[C@@H]3[C@@H]2CC[C@]2(C)[C@@H](C(=O)CNc4ccccc4)CC[C@@H]32)C1. The highest BCUT2D eigenvalue weighted by molar-refractivity contribution is 5.86. The molecular formula is C27H39NO2. The van der Waals surface area contributed by atoms with Gasteiger partial charge in [0.05, 0.1) is 12.1 Å². The second-order valence-corrected chi connectivity index (χ2v) is 11.5. The van der Waals surface area contributed by atoms with Crippen LogP contribution in [0.1, 0.15) is 71.6 Å². The number of Topliss-reactive ketones (excluding diaryl/α,β-unsaturated/α-hetero) is 1. The van der Waals surface area contributed by atoms with Crippen molar-refractivity contribution in [1.82, 2.24) is 0 Å². The van der Waals surface area contributed by atoms with Gasteiger partial charge < -0.3 is 10.4 Å². The number of anilines is 1. The van der Waals surface area contributed by atoms with E-state index in [0.717, 1.165) is 54.5 Å². The number of nitrogens with one attached hydrogen (secondary N) is 1. The zero-order valence-electron chi connectivity index (χ0n) is 18.8. The highest BCUT2D eigenvalue weighted by atomic mass is 16.3. The van der Waals surface area contributed by atoms with E-state index < -0.39 is 5.60 Å². The number of hydrogen-bond donors (Lipinski definition) is 2. The van der Waals surface area contributed by atoms with Crippen LogP contribution in [0.4, 0.5) is 5.69 Å². The molecule has 4 aliphatic rings. The average Bonchev–Trinajstić information content (AvgIpc) is 3.09. The maximum absolute atomic E-state index is 13.2. The van der Waals surface area contributed by atoms with Gasteiger partial charge in [-0.3, -0.25) is 4.79 Å². The zero-order valence-corrected chi connectivity index (χ0v) is 18.8. The number of aliphatic hydroxyl groups is 1. The first-order valence-electron chi connectivity index (χ1n) is 12.4. The van der Waals surface area contributed by atoms with E-state index in [2.05, 4.69) is 12.2 Å². The Labute approximate surface area is 182 Å². The maximum Gasteiger partial charge on any atom is 0.155 e. The van der Waals surface area contributed by atoms with E-state index in [4.69, 9.17) is 0 Å². The van der Waals surface area contributed by atoms with E-state index in [1.165, 1.54) is 38.5 Å². The summed E-state index contributed by atoms with van der Waals surface area (Å²) < 4.78 is 0. The van der Waals surface area contributed by atoms with Crippen molar-refractivity contribution in [2.24, 2.45) is 40.9 Å². The Morgan fingerprint density at radius 1 is 0.967 bits per heavy atom. The molecule has 0 aromatic heterocycles. The number of carbonyl (C=O) groups excluding carboxylic acids is 1. The van der Waals surface area contributed by atoms with Crippen LogP contribution in [-0.4, -0.2) is 23.0 Å². The molecule has 0 saturated heterocycles. The van der Waals surface area contributed by atoms with Crippen molar-refractivity contribution >= 4 is 11.5 Å². The third-order valence-corrected chi connectivity index (χ3v) is 9.87. The van der Waals surface area contributed by atoms with Crippen LogP contribution in [0.5, 0.6) is 0 Å². The molecule has 3 heteroatoms. The van der Waals surface area contributed by atoms with E-state index >= 15 is 0 Å². The van der Waals surface area contributed by atoms with Gasteiger partial charge in [-0.25, -0.2) is 0 Å². The van der Waals surface area contributed by atoms with Gasteiger partial charge in [0, 0.05) is 11.6 Å². The molecule has 0 unspecified atom stereocenters. The normalized spacial score (nSPS) is 45.2. The molecule has 2 N–H and O–H groups in total. The van der Waals surface area contributed by atoms with E-state index in [1.807, 2.05) is 37.3 Å². The number of benzene rings is 1. The summed E-state index contributed by atoms with van der Waals surface area (Å²) in [7, 11) is 0. The smallest absolute Gasteiger partial charge is 0.155 e. The quantitative estimate of drug-likeness (QED) is 0.672. The minimum Gasteiger partial charge on any atom is -0.390 e. The summed E-state index contributed by atoms with van der Waals surface area (Å²) in [6, 6.07) is 10.1. The zero-order chi connectivity index (χ0) is 20.9. The van der Waals surface area contributed by atoms with Gasteiger partial charge >= 0.3 is 0 Å². The summed E-state index contributed by atoms with van der Waals surface area (Å²) in [5.74, 6) is 4.58. The third-order valence-electron chi connectivity index (χ3n) is 9.87. The lowest BCUT2D eigenvalue weighted by molar-refractivity contribution is -0.130. The molecule has 4 fully saturated rings. The van der Waals surface area contributed by atoms with Crippen LogP contribution in [-0.2, 0) is 4.79 Å². The van der Waals surface area contributed by atoms with Crippen LogP contribution in [0.15, 0.2) is 30.3 Å². The summed E-state index contributed by atoms with van der Waals surface area (Å²) in [5, 5.41) is 13.9. The van der Waals surface area contributed by atoms with Gasteiger partial charge in [0.1, 0.15) is 0 Å². The van der Waals surface area contributed by atoms with Crippen LogP contribution in [0.25, 0.3) is 0 Å². The van der Waals surface area contributed by atoms with Gasteiger partial charge in [-0.15, -0.1) is 0 Å². The largest absolute Gasteiger partial charge is 0.390 e. The molecule has 0 heterocycles. The van der Waals surface area contributed by atoms with Gasteiger partial charge in [-0.05, 0) is 112 Å². The van der Waals surface area contributed by atoms with Crippen LogP contribution in [0.2, 0.25) is 0 Å². The molecule has 1 aromatic carbocycles. The van der Waals surface area contributed by atoms with Crippen molar-refractivity contribution in [1.29, 1.82) is 0 Å². The molecule has 5 rings (SSSR count). The van der Waals surface area contributed by atoms with E-state index in [0.29, 0.717) is 12.3 Å². The number of hydrogen-bond acceptors (Lipinski definition) is 3. The van der Waals surface area contributed by atoms with Gasteiger partial charge in [0.2, 0.25) is 0 Å². The third kappa shape index (κ3) is 3.51. The average molecular weight is 410 g/mol. The molecule has 0 radical (unpaired) electrons. The number of carbonyl (C=O) groups is 1. The predicted octanol–water partition coefficient (Wildman–Crippen LogP) is 5.69. The minimum atomic E-state index is -0.437. The Kier molecular flexibility index (Phi) is 5.24. The Bertz CT molecular complexity index is 774. The topological polar surface area (TPSA) is 49.3 Å². The Balaban J connectivity index is 1.27. The number of fused-ring (bicyclic) bond motifs is 5. The molecular weight excluding hydrogens is 370 g/mol. The van der Waals surface area contributed by atoms with Crippen molar-refractivity contribution in [2.45, 2.75) is 77.2 Å². The molecule has 4 saturated carbocycles. The fourth-order valence-electron chi connectivity index (χ4n) is 8.48. The lowest BCUT2D eigenvalue weighted by Crippen LogP contribution is -2.51. The van der Waals surface area contributed by atoms with Crippen LogP contribution < -0.4 is 5.32 Å². The Morgan fingerprint density at radius 2 is 1.73 bits per heavy atom. The van der Waals surface area contributed by atoms with Crippen molar-refractivity contribution in [3.63, 3.8) is 0 Å². The molecule has 8 atom stereocenters. The highest BCUT2D eigenvalue weighted by Crippen LogP contribution is 2.64. The molecule has 0 bridgehead atoms. The summed E-state index contributed by atoms with van der Waals surface area (Å²) in [6.45, 7) is 4.96. The fourth-order valence-corrected chi connectivity index (χ4v) is 8.48. The van der Waals surface area contributed by atoms with Gasteiger partial charge in [0.25, 0.3) is 0 Å². The van der Waals surface area contributed by atoms with Crippen molar-refractivity contribution in [3.05, 3.63) is 30.3 Å². The van der Waals surface area contributed by atoms with Crippen LogP contribution in [0, 0.1) is 40.9 Å². The first-order valence-corrected chi connectivity index (χ1v) is 12.4. The lowest BCUT2D eigenvalue weighted by Gasteiger charge is -2.56. The van der Waals surface area contributed by atoms with Crippen molar-refractivity contribution in [2.75, 3.05) is 11.9 Å². The predicted molar refractivity (Wildman–Crippen MR) is 121 cm³/mol. The molecule has 4 aliphatic carbocycles. The monoisotopic (exact) mass is 409 g/mol. The second kappa shape index (κ2) is 7.65. The Hall–Kier alpha value is -1.35. The molecule has 0 aliphatic heterocycles. The van der Waals surface area contributed by atoms with Crippen molar-refractivity contribution in [3.8, 4) is 0 Å². The minimum absolute atomic E-state index is 0.198.